The second-order valence-electron chi connectivity index (χ2n) is 3.73. The molecule has 0 aliphatic carbocycles. The van der Waals surface area contributed by atoms with E-state index in [2.05, 4.69) is 4.74 Å². The van der Waals surface area contributed by atoms with Crippen LogP contribution in [0.5, 0.6) is 0 Å². The Labute approximate surface area is 146 Å². The van der Waals surface area contributed by atoms with Crippen molar-refractivity contribution in [3.8, 4) is 0 Å². The van der Waals surface area contributed by atoms with E-state index in [4.69, 9.17) is 5.73 Å². The van der Waals surface area contributed by atoms with Gasteiger partial charge in [0.2, 0.25) is 0 Å². The molecule has 0 unspecified atom stereocenters. The van der Waals surface area contributed by atoms with Crippen LogP contribution in [0.2, 0.25) is 0 Å². The van der Waals surface area contributed by atoms with Crippen LogP contribution < -0.4 is 62.6 Å². The Bertz CT molecular complexity index is 451. The third kappa shape index (κ3) is 4.58. The number of hydrogen-bond donors (Lipinski definition) is 1. The van der Waals surface area contributed by atoms with Crippen LogP contribution in [-0.2, 0) is 16.0 Å². The first-order valence-electron chi connectivity index (χ1n) is 4.91. The maximum atomic E-state index is 12.7. The zero-order valence-corrected chi connectivity index (χ0v) is 13.6. The molecule has 1 rings (SSSR count). The molecule has 0 saturated heterocycles. The van der Waals surface area contributed by atoms with Gasteiger partial charge in [-0.1, -0.05) is 11.6 Å². The first-order valence-corrected chi connectivity index (χ1v) is 4.91. The Morgan fingerprint density at radius 2 is 1.94 bits per heavy atom. The maximum Gasteiger partial charge on any atom is 1.00 e. The predicted molar refractivity (Wildman–Crippen MR) is 60.0 cm³/mol. The quantitative estimate of drug-likeness (QED) is 0.411. The molecule has 0 fully saturated rings. The van der Waals surface area contributed by atoms with Crippen LogP contribution >= 0.6 is 0 Å². The first kappa shape index (κ1) is 18.0. The standard InChI is InChI=1S/C10H12BF3NO2.K/c1-6-8(11(12,13)14)3-7(4-9(6)15)5-10(16)17-2;/h3-4H,5,15H2,1-2H3;/q-1;+1. The van der Waals surface area contributed by atoms with Gasteiger partial charge in [0, 0.05) is 5.69 Å². The average molecular weight is 285 g/mol. The second-order valence-corrected chi connectivity index (χ2v) is 3.73. The van der Waals surface area contributed by atoms with Crippen LogP contribution in [0, 0.1) is 6.92 Å². The summed E-state index contributed by atoms with van der Waals surface area (Å²) >= 11 is 0. The Kier molecular flexibility index (Phi) is 6.94. The number of benzene rings is 1. The normalized spacial score (nSPS) is 10.7. The molecule has 8 heteroatoms. The molecule has 0 atom stereocenters. The molecule has 94 valence electrons. The Balaban J connectivity index is 0.00000289. The molecule has 1 aromatic carbocycles. The van der Waals surface area contributed by atoms with Crippen molar-refractivity contribution in [1.29, 1.82) is 0 Å². The number of anilines is 1. The second kappa shape index (κ2) is 6.95. The number of esters is 1. The molecule has 0 amide bonds. The number of hydrogen-bond acceptors (Lipinski definition) is 3. The molecule has 3 nitrogen and oxygen atoms in total. The number of ether oxygens (including phenoxy) is 1. The molecule has 0 radical (unpaired) electrons. The smallest absolute Gasteiger partial charge is 0.469 e. The van der Waals surface area contributed by atoms with Gasteiger partial charge >= 0.3 is 64.3 Å². The first-order chi connectivity index (χ1) is 7.75. The van der Waals surface area contributed by atoms with E-state index >= 15 is 0 Å². The molecule has 1 aromatic rings. The molecule has 2 N–H and O–H groups in total. The minimum atomic E-state index is -5.14. The fraction of sp³-hybridized carbons (Fsp3) is 0.300. The fourth-order valence-corrected chi connectivity index (χ4v) is 1.51. The van der Waals surface area contributed by atoms with Crippen molar-refractivity contribution in [3.05, 3.63) is 23.3 Å². The molecular weight excluding hydrogens is 273 g/mol. The van der Waals surface area contributed by atoms with Gasteiger partial charge < -0.3 is 23.4 Å². The summed E-state index contributed by atoms with van der Waals surface area (Å²) < 4.78 is 42.6. The number of nitrogens with two attached hydrogens (primary N) is 1. The molecule has 18 heavy (non-hydrogen) atoms. The number of carbonyl (C=O) groups excluding carboxylic acids is 1. The molecule has 0 aliphatic heterocycles. The van der Waals surface area contributed by atoms with E-state index < -0.39 is 18.4 Å². The van der Waals surface area contributed by atoms with Gasteiger partial charge in [-0.2, -0.15) is 0 Å². The summed E-state index contributed by atoms with van der Waals surface area (Å²) in [6.07, 6.45) is -0.222. The van der Waals surface area contributed by atoms with Crippen LogP contribution in [-0.4, -0.2) is 20.1 Å². The molecule has 0 heterocycles. The fourth-order valence-electron chi connectivity index (χ4n) is 1.51. The minimum absolute atomic E-state index is 0. The van der Waals surface area contributed by atoms with Crippen molar-refractivity contribution < 1.29 is 73.9 Å². The van der Waals surface area contributed by atoms with Gasteiger partial charge in [0.05, 0.1) is 13.5 Å². The molecule has 0 aliphatic rings. The van der Waals surface area contributed by atoms with E-state index in [1.165, 1.54) is 20.1 Å². The monoisotopic (exact) mass is 285 g/mol. The summed E-state index contributed by atoms with van der Waals surface area (Å²) in [6.45, 7) is -3.83. The summed E-state index contributed by atoms with van der Waals surface area (Å²) in [5.74, 6) is -0.603. The summed E-state index contributed by atoms with van der Waals surface area (Å²) in [6, 6.07) is 2.31. The van der Waals surface area contributed by atoms with Crippen molar-refractivity contribution in [2.45, 2.75) is 13.3 Å². The maximum absolute atomic E-state index is 12.7. The van der Waals surface area contributed by atoms with Gasteiger partial charge in [-0.25, -0.2) is 0 Å². The minimum Gasteiger partial charge on any atom is -0.469 e. The third-order valence-electron chi connectivity index (χ3n) is 2.48. The summed E-state index contributed by atoms with van der Waals surface area (Å²) in [5.41, 5.74) is 4.96. The Morgan fingerprint density at radius 1 is 1.39 bits per heavy atom. The number of nitrogen functional groups attached to an aromatic ring is 1. The predicted octanol–water partition coefficient (Wildman–Crippen LogP) is -1.65. The molecule has 0 saturated carbocycles. The number of carbonyl (C=O) groups is 1. The SMILES string of the molecule is COC(=O)Cc1cc(N)c(C)c([B-](F)(F)F)c1.[K+]. The summed E-state index contributed by atoms with van der Waals surface area (Å²) in [7, 11) is 1.18. The van der Waals surface area contributed by atoms with Crippen LogP contribution in [0.4, 0.5) is 18.6 Å². The topological polar surface area (TPSA) is 52.3 Å². The van der Waals surface area contributed by atoms with Gasteiger partial charge in [0.15, 0.2) is 0 Å². The zero-order chi connectivity index (χ0) is 13.2. The summed E-state index contributed by atoms with van der Waals surface area (Å²) in [5, 5.41) is 0. The van der Waals surface area contributed by atoms with Crippen molar-refractivity contribution >= 4 is 24.1 Å². The molecule has 0 spiro atoms. The van der Waals surface area contributed by atoms with Crippen molar-refractivity contribution in [2.75, 3.05) is 12.8 Å². The zero-order valence-electron chi connectivity index (χ0n) is 10.5. The van der Waals surface area contributed by atoms with Crippen LogP contribution in [0.1, 0.15) is 11.1 Å². The van der Waals surface area contributed by atoms with Crippen molar-refractivity contribution in [1.82, 2.24) is 0 Å². The average Bonchev–Trinajstić information content (AvgIpc) is 2.21. The van der Waals surface area contributed by atoms with Crippen LogP contribution in [0.3, 0.4) is 0 Å². The van der Waals surface area contributed by atoms with Crippen LogP contribution in [0.25, 0.3) is 0 Å². The largest absolute Gasteiger partial charge is 1.00 e. The van der Waals surface area contributed by atoms with Crippen molar-refractivity contribution in [3.63, 3.8) is 0 Å². The Hall–Kier alpha value is -0.0187. The van der Waals surface area contributed by atoms with Gasteiger partial charge in [-0.15, -0.1) is 5.46 Å². The van der Waals surface area contributed by atoms with E-state index in [0.29, 0.717) is 0 Å². The van der Waals surface area contributed by atoms with E-state index in [1.807, 2.05) is 0 Å². The van der Waals surface area contributed by atoms with Gasteiger partial charge in [-0.05, 0) is 18.6 Å². The molecule has 0 bridgehead atoms. The van der Waals surface area contributed by atoms with E-state index in [1.54, 1.807) is 0 Å². The van der Waals surface area contributed by atoms with Gasteiger partial charge in [-0.3, -0.25) is 4.79 Å². The van der Waals surface area contributed by atoms with Gasteiger partial charge in [0.1, 0.15) is 0 Å². The number of methoxy groups -OCH3 is 1. The molecular formula is C10H12BF3KNO2. The van der Waals surface area contributed by atoms with Crippen molar-refractivity contribution in [2.24, 2.45) is 0 Å². The van der Waals surface area contributed by atoms with Gasteiger partial charge in [0.25, 0.3) is 0 Å². The van der Waals surface area contributed by atoms with E-state index in [9.17, 15) is 17.7 Å². The number of halogens is 3. The van der Waals surface area contributed by atoms with E-state index in [0.717, 1.165) is 6.07 Å². The molecule has 0 aromatic heterocycles. The summed E-state index contributed by atoms with van der Waals surface area (Å²) in [4.78, 5) is 11.0. The third-order valence-corrected chi connectivity index (χ3v) is 2.48. The number of rotatable bonds is 3. The van der Waals surface area contributed by atoms with E-state index in [-0.39, 0.29) is 74.6 Å². The Morgan fingerprint density at radius 3 is 2.39 bits per heavy atom. The van der Waals surface area contributed by atoms with Crippen LogP contribution in [0.15, 0.2) is 12.1 Å².